The van der Waals surface area contributed by atoms with E-state index in [4.69, 9.17) is 0 Å². The van der Waals surface area contributed by atoms with Crippen LogP contribution in [0.5, 0.6) is 0 Å². The van der Waals surface area contributed by atoms with Crippen LogP contribution in [0.2, 0.25) is 0 Å². The monoisotopic (exact) mass is 292 g/mol. The molecule has 0 nitrogen and oxygen atoms in total. The molecule has 3 aromatic carbocycles. The van der Waals surface area contributed by atoms with Gasteiger partial charge in [0.05, 0.1) is 0 Å². The van der Waals surface area contributed by atoms with E-state index in [1.165, 1.54) is 27.8 Å². The minimum Gasteiger partial charge on any atom is -0.213 e. The van der Waals surface area contributed by atoms with Crippen LogP contribution in [0.4, 0.5) is 0 Å². The molecule has 0 heterocycles. The van der Waals surface area contributed by atoms with Gasteiger partial charge in [0, 0.05) is 0 Å². The molecule has 0 saturated heterocycles. The zero-order chi connectivity index (χ0) is 13.1. The molecule has 1 heteroatoms. The topological polar surface area (TPSA) is 0 Å². The molecule has 0 atom stereocenters. The second-order valence-electron chi connectivity index (χ2n) is 4.86. The zero-order valence-corrected chi connectivity index (χ0v) is 13.1. The van der Waals surface area contributed by atoms with Gasteiger partial charge in [0.1, 0.15) is 0 Å². The Morgan fingerprint density at radius 1 is 0.900 bits per heavy atom. The van der Waals surface area contributed by atoms with Crippen molar-refractivity contribution in [3.8, 4) is 11.1 Å². The van der Waals surface area contributed by atoms with Crippen LogP contribution in [0.1, 0.15) is 16.7 Å². The summed E-state index contributed by atoms with van der Waals surface area (Å²) in [5.41, 5.74) is 6.85. The molecule has 20 heavy (non-hydrogen) atoms. The Morgan fingerprint density at radius 2 is 1.60 bits per heavy atom. The molecular weight excluding hydrogens is 276 g/mol. The smallest absolute Gasteiger partial charge is 0.213 e. The van der Waals surface area contributed by atoms with Gasteiger partial charge in [-0.1, -0.05) is 42.3 Å². The fraction of sp³-hybridized carbons (Fsp3) is 0.105. The molecule has 0 unspecified atom stereocenters. The van der Waals surface area contributed by atoms with Crippen LogP contribution in [0.15, 0.2) is 66.7 Å². The van der Waals surface area contributed by atoms with Crippen molar-refractivity contribution in [2.75, 3.05) is 0 Å². The third kappa shape index (κ3) is 3.15. The quantitative estimate of drug-likeness (QED) is 0.323. The second kappa shape index (κ2) is 6.79. The fourth-order valence-electron chi connectivity index (χ4n) is 2.47. The summed E-state index contributed by atoms with van der Waals surface area (Å²) in [4.78, 5) is 0. The van der Waals surface area contributed by atoms with E-state index in [0.29, 0.717) is 0 Å². The van der Waals surface area contributed by atoms with Crippen LogP contribution in [0.3, 0.4) is 0 Å². The fourth-order valence-corrected chi connectivity index (χ4v) is 2.47. The van der Waals surface area contributed by atoms with Gasteiger partial charge >= 0.3 is 21.7 Å². The minimum atomic E-state index is 0. The van der Waals surface area contributed by atoms with Crippen LogP contribution in [-0.4, -0.2) is 0 Å². The van der Waals surface area contributed by atoms with Crippen molar-refractivity contribution in [2.45, 2.75) is 13.3 Å². The Kier molecular flexibility index (Phi) is 5.06. The van der Waals surface area contributed by atoms with Gasteiger partial charge in [-0.2, -0.15) is 47.5 Å². The molecule has 4 rings (SSSR count). The number of aryl methyl sites for hydroxylation is 1. The first-order valence-electron chi connectivity index (χ1n) is 6.61. The summed E-state index contributed by atoms with van der Waals surface area (Å²) in [5.74, 6) is 0. The third-order valence-corrected chi connectivity index (χ3v) is 3.45. The summed E-state index contributed by atoms with van der Waals surface area (Å²) in [5, 5.41) is 0. The largest absolute Gasteiger partial charge is 2.00 e. The maximum Gasteiger partial charge on any atom is 2.00 e. The van der Waals surface area contributed by atoms with Crippen molar-refractivity contribution >= 4 is 0 Å². The Morgan fingerprint density at radius 3 is 2.30 bits per heavy atom. The molecule has 0 bridgehead atoms. The van der Waals surface area contributed by atoms with Crippen molar-refractivity contribution < 1.29 is 21.7 Å². The molecule has 1 aliphatic rings. The average molecular weight is 292 g/mol. The molecule has 0 aliphatic heterocycles. The first-order valence-corrected chi connectivity index (χ1v) is 6.61. The first-order chi connectivity index (χ1) is 9.34. The molecule has 0 fully saturated rings. The molecule has 0 radical (unpaired) electrons. The van der Waals surface area contributed by atoms with Gasteiger partial charge in [0.15, 0.2) is 0 Å². The average Bonchev–Trinajstić information content (AvgIpc) is 3.06. The van der Waals surface area contributed by atoms with E-state index in [-0.39, 0.29) is 21.7 Å². The summed E-state index contributed by atoms with van der Waals surface area (Å²) < 4.78 is 0. The predicted molar refractivity (Wildman–Crippen MR) is 80.3 cm³/mol. The van der Waals surface area contributed by atoms with E-state index in [1.54, 1.807) is 0 Å². The molecule has 0 spiro atoms. The summed E-state index contributed by atoms with van der Waals surface area (Å²) >= 11 is 0. The van der Waals surface area contributed by atoms with Crippen LogP contribution < -0.4 is 0 Å². The number of fused-ring (bicyclic) bond motifs is 3. The SMILES string of the molecule is C[c-]1cccc1.[Ti+2].[c-]1cccc2c1Cc1ccccc1-2. The van der Waals surface area contributed by atoms with E-state index in [1.807, 2.05) is 18.2 Å². The van der Waals surface area contributed by atoms with Gasteiger partial charge in [-0.05, 0) is 6.42 Å². The van der Waals surface area contributed by atoms with Gasteiger partial charge in [-0.15, -0.1) is 5.56 Å². The minimum absolute atomic E-state index is 0. The summed E-state index contributed by atoms with van der Waals surface area (Å²) in [6.45, 7) is 2.08. The van der Waals surface area contributed by atoms with Gasteiger partial charge in [-0.3, -0.25) is 0 Å². The van der Waals surface area contributed by atoms with E-state index in [0.717, 1.165) is 6.42 Å². The number of hydrogen-bond donors (Lipinski definition) is 0. The van der Waals surface area contributed by atoms with Gasteiger partial charge in [0.2, 0.25) is 0 Å². The van der Waals surface area contributed by atoms with Crippen LogP contribution >= 0.6 is 0 Å². The number of benzene rings is 2. The maximum atomic E-state index is 3.30. The number of hydrogen-bond acceptors (Lipinski definition) is 0. The van der Waals surface area contributed by atoms with E-state index in [9.17, 15) is 0 Å². The van der Waals surface area contributed by atoms with E-state index >= 15 is 0 Å². The summed E-state index contributed by atoms with van der Waals surface area (Å²) in [6, 6.07) is 26.3. The van der Waals surface area contributed by atoms with Crippen molar-refractivity contribution in [2.24, 2.45) is 0 Å². The summed E-state index contributed by atoms with van der Waals surface area (Å²) in [7, 11) is 0. The van der Waals surface area contributed by atoms with Crippen molar-refractivity contribution in [3.05, 3.63) is 89.5 Å². The van der Waals surface area contributed by atoms with E-state index < -0.39 is 0 Å². The van der Waals surface area contributed by atoms with Crippen molar-refractivity contribution in [1.29, 1.82) is 0 Å². The first kappa shape index (κ1) is 14.9. The number of rotatable bonds is 0. The maximum absolute atomic E-state index is 3.30. The van der Waals surface area contributed by atoms with Crippen molar-refractivity contribution in [3.63, 3.8) is 0 Å². The van der Waals surface area contributed by atoms with Crippen LogP contribution in [0.25, 0.3) is 11.1 Å². The summed E-state index contributed by atoms with van der Waals surface area (Å²) in [6.07, 6.45) is 1.05. The Balaban J connectivity index is 0.000000180. The van der Waals surface area contributed by atoms with Crippen LogP contribution in [0, 0.1) is 13.0 Å². The predicted octanol–water partition coefficient (Wildman–Crippen LogP) is 4.77. The van der Waals surface area contributed by atoms with Gasteiger partial charge in [-0.25, -0.2) is 12.1 Å². The zero-order valence-electron chi connectivity index (χ0n) is 11.6. The standard InChI is InChI=1S/C13H9.C6H7.Ti/c1-3-7-12-10(5-1)9-11-6-2-4-8-13(11)12;1-6-4-2-3-5-6;/h1-5,7-8H,9H2;2-5H,1H3;/q2*-1;+2. The molecule has 0 saturated carbocycles. The molecule has 3 aromatic rings. The van der Waals surface area contributed by atoms with Crippen molar-refractivity contribution in [1.82, 2.24) is 0 Å². The van der Waals surface area contributed by atoms with E-state index in [2.05, 4.69) is 61.5 Å². The normalized spacial score (nSPS) is 10.7. The molecule has 1 aliphatic carbocycles. The third-order valence-electron chi connectivity index (χ3n) is 3.45. The van der Waals surface area contributed by atoms with Crippen LogP contribution in [-0.2, 0) is 28.1 Å². The molecular formula is C19H16Ti. The molecule has 0 N–H and O–H groups in total. The molecule has 96 valence electrons. The molecule has 0 amide bonds. The Hall–Kier alpha value is -1.50. The van der Waals surface area contributed by atoms with Gasteiger partial charge in [0.25, 0.3) is 0 Å². The van der Waals surface area contributed by atoms with Gasteiger partial charge < -0.3 is 0 Å². The Labute approximate surface area is 135 Å². The molecule has 0 aromatic heterocycles. The Bertz CT molecular complexity index is 622. The second-order valence-corrected chi connectivity index (χ2v) is 4.86.